The van der Waals surface area contributed by atoms with Crippen LogP contribution in [0.2, 0.25) is 0 Å². The Labute approximate surface area is 113 Å². The van der Waals surface area contributed by atoms with E-state index in [-0.39, 0.29) is 12.6 Å². The summed E-state index contributed by atoms with van der Waals surface area (Å²) >= 11 is 0. The van der Waals surface area contributed by atoms with E-state index in [1.165, 1.54) is 0 Å². The van der Waals surface area contributed by atoms with E-state index in [1.807, 2.05) is 13.0 Å². The third-order valence-corrected chi connectivity index (χ3v) is 2.54. The lowest BCUT2D eigenvalue weighted by Gasteiger charge is -2.17. The second-order valence-corrected chi connectivity index (χ2v) is 4.37. The molecule has 5 heteroatoms. The summed E-state index contributed by atoms with van der Waals surface area (Å²) in [5.74, 6) is 0.642. The summed E-state index contributed by atoms with van der Waals surface area (Å²) in [7, 11) is 1.64. The van der Waals surface area contributed by atoms with E-state index in [4.69, 9.17) is 14.7 Å². The summed E-state index contributed by atoms with van der Waals surface area (Å²) in [6, 6.07) is 9.02. The maximum absolute atomic E-state index is 9.75. The highest BCUT2D eigenvalue weighted by Gasteiger charge is 2.07. The van der Waals surface area contributed by atoms with Crippen molar-refractivity contribution in [3.63, 3.8) is 0 Å². The molecule has 104 valence electrons. The van der Waals surface area contributed by atoms with Crippen LogP contribution >= 0.6 is 0 Å². The van der Waals surface area contributed by atoms with Crippen molar-refractivity contribution < 1.29 is 14.6 Å². The zero-order valence-corrected chi connectivity index (χ0v) is 11.3. The molecular formula is C14H20N2O3. The average Bonchev–Trinajstić information content (AvgIpc) is 2.44. The fourth-order valence-electron chi connectivity index (χ4n) is 1.52. The molecule has 0 saturated heterocycles. The topological polar surface area (TPSA) is 74.5 Å². The Hall–Kier alpha value is -1.61. The van der Waals surface area contributed by atoms with E-state index in [1.54, 1.807) is 31.4 Å². The van der Waals surface area contributed by atoms with Gasteiger partial charge in [-0.2, -0.15) is 5.26 Å². The molecule has 2 N–H and O–H groups in total. The van der Waals surface area contributed by atoms with Gasteiger partial charge in [-0.3, -0.25) is 0 Å². The first-order valence-corrected chi connectivity index (χ1v) is 6.19. The average molecular weight is 264 g/mol. The first-order valence-electron chi connectivity index (χ1n) is 6.19. The summed E-state index contributed by atoms with van der Waals surface area (Å²) in [6.45, 7) is 3.24. The van der Waals surface area contributed by atoms with Gasteiger partial charge in [0.2, 0.25) is 0 Å². The van der Waals surface area contributed by atoms with Crippen LogP contribution in [0.5, 0.6) is 5.75 Å². The third-order valence-electron chi connectivity index (χ3n) is 2.54. The monoisotopic (exact) mass is 264 g/mol. The van der Waals surface area contributed by atoms with Crippen molar-refractivity contribution >= 4 is 0 Å². The molecule has 0 bridgehead atoms. The molecule has 1 aromatic carbocycles. The molecule has 0 fully saturated rings. The normalized spacial score (nSPS) is 13.6. The predicted molar refractivity (Wildman–Crippen MR) is 72.0 cm³/mol. The van der Waals surface area contributed by atoms with Gasteiger partial charge in [0.05, 0.1) is 18.2 Å². The van der Waals surface area contributed by atoms with Crippen molar-refractivity contribution in [3.8, 4) is 11.8 Å². The second kappa shape index (κ2) is 8.48. The van der Waals surface area contributed by atoms with E-state index in [0.29, 0.717) is 24.5 Å². The van der Waals surface area contributed by atoms with Gasteiger partial charge in [-0.15, -0.1) is 0 Å². The highest BCUT2D eigenvalue weighted by molar-refractivity contribution is 5.34. The number of nitrogens with one attached hydrogen (secondary N) is 1. The zero-order valence-electron chi connectivity index (χ0n) is 11.3. The number of hydrogen-bond donors (Lipinski definition) is 2. The van der Waals surface area contributed by atoms with Gasteiger partial charge in [0, 0.05) is 19.7 Å². The van der Waals surface area contributed by atoms with E-state index in [2.05, 4.69) is 5.32 Å². The van der Waals surface area contributed by atoms with Crippen molar-refractivity contribution in [2.75, 3.05) is 26.9 Å². The van der Waals surface area contributed by atoms with Gasteiger partial charge >= 0.3 is 0 Å². The molecule has 0 aliphatic carbocycles. The highest BCUT2D eigenvalue weighted by Crippen LogP contribution is 2.11. The van der Waals surface area contributed by atoms with Crippen molar-refractivity contribution in [3.05, 3.63) is 29.8 Å². The molecule has 0 heterocycles. The van der Waals surface area contributed by atoms with Crippen LogP contribution < -0.4 is 10.1 Å². The molecule has 2 atom stereocenters. The van der Waals surface area contributed by atoms with E-state index in [9.17, 15) is 5.11 Å². The molecule has 0 aliphatic heterocycles. The molecule has 0 saturated carbocycles. The number of nitriles is 1. The van der Waals surface area contributed by atoms with Crippen LogP contribution in [0.15, 0.2) is 24.3 Å². The van der Waals surface area contributed by atoms with Crippen LogP contribution in [-0.2, 0) is 4.74 Å². The standard InChI is InChI=1S/C14H20N2O3/c1-11(9-18-2)16-8-13(17)10-19-14-5-3-12(7-15)4-6-14/h3-6,11,13,16-17H,8-10H2,1-2H3/t11-,13-/m0/s1. The summed E-state index contributed by atoms with van der Waals surface area (Å²) in [5.41, 5.74) is 0.586. The minimum atomic E-state index is -0.588. The minimum Gasteiger partial charge on any atom is -0.491 e. The Balaban J connectivity index is 2.25. The fraction of sp³-hybridized carbons (Fsp3) is 0.500. The number of aliphatic hydroxyl groups excluding tert-OH is 1. The van der Waals surface area contributed by atoms with Gasteiger partial charge in [0.25, 0.3) is 0 Å². The number of nitrogens with zero attached hydrogens (tertiary/aromatic N) is 1. The molecule has 0 aromatic heterocycles. The molecule has 0 aliphatic rings. The number of aliphatic hydroxyl groups is 1. The number of benzene rings is 1. The zero-order chi connectivity index (χ0) is 14.1. The first kappa shape index (κ1) is 15.4. The molecule has 1 rings (SSSR count). The van der Waals surface area contributed by atoms with Gasteiger partial charge in [0.15, 0.2) is 0 Å². The Morgan fingerprint density at radius 1 is 1.32 bits per heavy atom. The molecule has 0 amide bonds. The quantitative estimate of drug-likeness (QED) is 0.730. The van der Waals surface area contributed by atoms with Crippen LogP contribution in [0, 0.1) is 11.3 Å². The maximum atomic E-state index is 9.75. The van der Waals surface area contributed by atoms with Crippen LogP contribution in [0.1, 0.15) is 12.5 Å². The summed E-state index contributed by atoms with van der Waals surface area (Å²) in [4.78, 5) is 0. The van der Waals surface area contributed by atoms with Crippen LogP contribution in [-0.4, -0.2) is 44.1 Å². The van der Waals surface area contributed by atoms with Gasteiger partial charge in [-0.05, 0) is 31.2 Å². The molecule has 1 aromatic rings. The van der Waals surface area contributed by atoms with Crippen LogP contribution in [0.25, 0.3) is 0 Å². The SMILES string of the molecule is COC[C@H](C)NC[C@H](O)COc1ccc(C#N)cc1. The Kier molecular flexibility index (Phi) is 6.90. The minimum absolute atomic E-state index is 0.189. The number of rotatable bonds is 8. The van der Waals surface area contributed by atoms with Crippen molar-refractivity contribution in [2.24, 2.45) is 0 Å². The fourth-order valence-corrected chi connectivity index (χ4v) is 1.52. The second-order valence-electron chi connectivity index (χ2n) is 4.37. The van der Waals surface area contributed by atoms with Gasteiger partial charge < -0.3 is 19.9 Å². The van der Waals surface area contributed by atoms with Crippen molar-refractivity contribution in [1.29, 1.82) is 5.26 Å². The number of ether oxygens (including phenoxy) is 2. The molecule has 19 heavy (non-hydrogen) atoms. The molecule has 0 spiro atoms. The Bertz CT molecular complexity index is 400. The highest BCUT2D eigenvalue weighted by atomic mass is 16.5. The van der Waals surface area contributed by atoms with Crippen molar-refractivity contribution in [2.45, 2.75) is 19.1 Å². The lowest BCUT2D eigenvalue weighted by molar-refractivity contribution is 0.0973. The lowest BCUT2D eigenvalue weighted by atomic mass is 10.2. The maximum Gasteiger partial charge on any atom is 0.119 e. The summed E-state index contributed by atoms with van der Waals surface area (Å²) in [5, 5.41) is 21.6. The van der Waals surface area contributed by atoms with E-state index in [0.717, 1.165) is 0 Å². The van der Waals surface area contributed by atoms with Crippen LogP contribution in [0.3, 0.4) is 0 Å². The lowest BCUT2D eigenvalue weighted by Crippen LogP contribution is -2.38. The first-order chi connectivity index (χ1) is 9.15. The number of methoxy groups -OCH3 is 1. The Morgan fingerprint density at radius 2 is 2.00 bits per heavy atom. The van der Waals surface area contributed by atoms with Gasteiger partial charge in [-0.25, -0.2) is 0 Å². The molecular weight excluding hydrogens is 244 g/mol. The van der Waals surface area contributed by atoms with E-state index >= 15 is 0 Å². The molecule has 0 unspecified atom stereocenters. The summed E-state index contributed by atoms with van der Waals surface area (Å²) < 4.78 is 10.4. The Morgan fingerprint density at radius 3 is 2.58 bits per heavy atom. The van der Waals surface area contributed by atoms with Gasteiger partial charge in [0.1, 0.15) is 18.5 Å². The summed E-state index contributed by atoms with van der Waals surface area (Å²) in [6.07, 6.45) is -0.588. The molecule has 5 nitrogen and oxygen atoms in total. The third kappa shape index (κ3) is 6.20. The van der Waals surface area contributed by atoms with Crippen molar-refractivity contribution in [1.82, 2.24) is 5.32 Å². The largest absolute Gasteiger partial charge is 0.491 e. The molecule has 0 radical (unpaired) electrons. The predicted octanol–water partition coefficient (Wildman–Crippen LogP) is 0.922. The van der Waals surface area contributed by atoms with Crippen LogP contribution in [0.4, 0.5) is 0 Å². The van der Waals surface area contributed by atoms with Gasteiger partial charge in [-0.1, -0.05) is 0 Å². The number of hydrogen-bond acceptors (Lipinski definition) is 5. The smallest absolute Gasteiger partial charge is 0.119 e. The van der Waals surface area contributed by atoms with E-state index < -0.39 is 6.10 Å².